The predicted molar refractivity (Wildman–Crippen MR) is 70.5 cm³/mol. The highest BCUT2D eigenvalue weighted by molar-refractivity contribution is 5.78. The van der Waals surface area contributed by atoms with Crippen LogP contribution in [0.2, 0.25) is 0 Å². The van der Waals surface area contributed by atoms with Crippen molar-refractivity contribution in [2.45, 2.75) is 25.9 Å². The second-order valence-corrected chi connectivity index (χ2v) is 5.33. The van der Waals surface area contributed by atoms with E-state index in [4.69, 9.17) is 4.74 Å². The van der Waals surface area contributed by atoms with Gasteiger partial charge in [0.15, 0.2) is 0 Å². The lowest BCUT2D eigenvalue weighted by Gasteiger charge is -2.29. The maximum Gasteiger partial charge on any atom is 0.224 e. The number of hydrogen-bond donors (Lipinski definition) is 2. The molecule has 2 heterocycles. The number of hydrogen-bond acceptors (Lipinski definition) is 4. The van der Waals surface area contributed by atoms with Crippen molar-refractivity contribution in [3.05, 3.63) is 0 Å². The third kappa shape index (κ3) is 4.23. The summed E-state index contributed by atoms with van der Waals surface area (Å²) in [6.07, 6.45) is 2.43. The summed E-state index contributed by atoms with van der Waals surface area (Å²) in [6, 6.07) is 0. The fraction of sp³-hybridized carbons (Fsp3) is 0.923. The van der Waals surface area contributed by atoms with Crippen molar-refractivity contribution in [2.24, 2.45) is 5.92 Å². The maximum atomic E-state index is 12.0. The van der Waals surface area contributed by atoms with Crippen LogP contribution in [0.4, 0.5) is 0 Å². The molecule has 0 bridgehead atoms. The van der Waals surface area contributed by atoms with Gasteiger partial charge in [-0.2, -0.15) is 0 Å². The molecule has 0 spiro atoms. The first kappa shape index (κ1) is 13.8. The summed E-state index contributed by atoms with van der Waals surface area (Å²) in [7, 11) is 0. The van der Waals surface area contributed by atoms with Crippen LogP contribution in [0.3, 0.4) is 0 Å². The van der Waals surface area contributed by atoms with E-state index in [9.17, 15) is 4.79 Å². The van der Waals surface area contributed by atoms with E-state index in [1.165, 1.54) is 0 Å². The van der Waals surface area contributed by atoms with E-state index < -0.39 is 0 Å². The Hall–Kier alpha value is -0.650. The lowest BCUT2D eigenvalue weighted by Crippen LogP contribution is -2.47. The molecule has 2 fully saturated rings. The lowest BCUT2D eigenvalue weighted by atomic mass is 10.1. The minimum Gasteiger partial charge on any atom is -0.376 e. The summed E-state index contributed by atoms with van der Waals surface area (Å²) in [5.74, 6) is 0.216. The van der Waals surface area contributed by atoms with Crippen LogP contribution < -0.4 is 10.6 Å². The fourth-order valence-electron chi connectivity index (χ4n) is 2.56. The summed E-state index contributed by atoms with van der Waals surface area (Å²) in [5.41, 5.74) is 0. The molecule has 2 atom stereocenters. The SMILES string of the molecule is CC(CN1CCNCC1)C(=O)NCC1CCCO1. The van der Waals surface area contributed by atoms with Crippen LogP contribution in [0.5, 0.6) is 0 Å². The summed E-state index contributed by atoms with van der Waals surface area (Å²) >= 11 is 0. The number of rotatable bonds is 5. The molecule has 2 aliphatic rings. The normalized spacial score (nSPS) is 27.1. The quantitative estimate of drug-likeness (QED) is 0.716. The zero-order valence-electron chi connectivity index (χ0n) is 11.3. The zero-order valence-corrected chi connectivity index (χ0v) is 11.3. The van der Waals surface area contributed by atoms with Gasteiger partial charge in [-0.15, -0.1) is 0 Å². The summed E-state index contributed by atoms with van der Waals surface area (Å²) in [5, 5.41) is 6.33. The van der Waals surface area contributed by atoms with E-state index in [0.29, 0.717) is 6.54 Å². The molecule has 0 radical (unpaired) electrons. The van der Waals surface area contributed by atoms with Crippen molar-refractivity contribution in [3.8, 4) is 0 Å². The summed E-state index contributed by atoms with van der Waals surface area (Å²) in [6.45, 7) is 8.54. The molecule has 2 N–H and O–H groups in total. The molecular weight excluding hydrogens is 230 g/mol. The van der Waals surface area contributed by atoms with Gasteiger partial charge in [-0.1, -0.05) is 6.92 Å². The van der Waals surface area contributed by atoms with Gasteiger partial charge >= 0.3 is 0 Å². The number of nitrogens with zero attached hydrogens (tertiary/aromatic N) is 1. The Bertz CT molecular complexity index is 261. The van der Waals surface area contributed by atoms with Crippen LogP contribution in [0.1, 0.15) is 19.8 Å². The number of nitrogens with one attached hydrogen (secondary N) is 2. The van der Waals surface area contributed by atoms with E-state index >= 15 is 0 Å². The van der Waals surface area contributed by atoms with Crippen LogP contribution >= 0.6 is 0 Å². The van der Waals surface area contributed by atoms with Crippen molar-refractivity contribution >= 4 is 5.91 Å². The minimum absolute atomic E-state index is 0.0597. The van der Waals surface area contributed by atoms with Crippen LogP contribution in [0.15, 0.2) is 0 Å². The Morgan fingerprint density at radius 1 is 1.50 bits per heavy atom. The molecule has 5 heteroatoms. The average Bonchev–Trinajstić information content (AvgIpc) is 2.90. The van der Waals surface area contributed by atoms with Crippen molar-refractivity contribution in [2.75, 3.05) is 45.9 Å². The molecule has 0 aliphatic carbocycles. The first-order valence-electron chi connectivity index (χ1n) is 7.08. The molecule has 2 unspecified atom stereocenters. The molecule has 2 rings (SSSR count). The highest BCUT2D eigenvalue weighted by Crippen LogP contribution is 2.11. The van der Waals surface area contributed by atoms with Gasteiger partial charge in [-0.25, -0.2) is 0 Å². The molecule has 0 aromatic carbocycles. The molecular formula is C13H25N3O2. The van der Waals surface area contributed by atoms with Gasteiger partial charge in [0.05, 0.1) is 6.10 Å². The Kier molecular flexibility index (Phi) is 5.41. The molecule has 0 aromatic heterocycles. The van der Waals surface area contributed by atoms with Gasteiger partial charge in [0.1, 0.15) is 0 Å². The molecule has 2 saturated heterocycles. The van der Waals surface area contributed by atoms with E-state index in [-0.39, 0.29) is 17.9 Å². The lowest BCUT2D eigenvalue weighted by molar-refractivity contribution is -0.125. The van der Waals surface area contributed by atoms with Crippen LogP contribution in [-0.2, 0) is 9.53 Å². The van der Waals surface area contributed by atoms with Gasteiger partial charge in [0, 0.05) is 51.8 Å². The topological polar surface area (TPSA) is 53.6 Å². The Morgan fingerprint density at radius 3 is 2.94 bits per heavy atom. The molecule has 0 aromatic rings. The van der Waals surface area contributed by atoms with Crippen molar-refractivity contribution in [1.82, 2.24) is 15.5 Å². The zero-order chi connectivity index (χ0) is 12.8. The summed E-state index contributed by atoms with van der Waals surface area (Å²) < 4.78 is 5.50. The van der Waals surface area contributed by atoms with E-state index in [1.54, 1.807) is 0 Å². The second-order valence-electron chi connectivity index (χ2n) is 5.33. The number of piperazine rings is 1. The van der Waals surface area contributed by atoms with Crippen molar-refractivity contribution in [3.63, 3.8) is 0 Å². The highest BCUT2D eigenvalue weighted by atomic mass is 16.5. The Balaban J connectivity index is 1.63. The van der Waals surface area contributed by atoms with Crippen LogP contribution in [0.25, 0.3) is 0 Å². The smallest absolute Gasteiger partial charge is 0.224 e. The van der Waals surface area contributed by atoms with Gasteiger partial charge in [0.25, 0.3) is 0 Å². The van der Waals surface area contributed by atoms with Gasteiger partial charge in [0.2, 0.25) is 5.91 Å². The Morgan fingerprint density at radius 2 is 2.28 bits per heavy atom. The largest absolute Gasteiger partial charge is 0.376 e. The van der Waals surface area contributed by atoms with Crippen LogP contribution in [0, 0.1) is 5.92 Å². The number of carbonyl (C=O) groups is 1. The van der Waals surface area contributed by atoms with Gasteiger partial charge < -0.3 is 20.3 Å². The number of amides is 1. The first-order chi connectivity index (χ1) is 8.75. The molecule has 1 amide bonds. The van der Waals surface area contributed by atoms with Gasteiger partial charge in [-0.3, -0.25) is 4.79 Å². The van der Waals surface area contributed by atoms with E-state index in [2.05, 4.69) is 15.5 Å². The molecule has 104 valence electrons. The third-order valence-electron chi connectivity index (χ3n) is 3.72. The predicted octanol–water partition coefficient (Wildman–Crippen LogP) is -0.177. The molecule has 18 heavy (non-hydrogen) atoms. The number of ether oxygens (including phenoxy) is 1. The average molecular weight is 255 g/mol. The third-order valence-corrected chi connectivity index (χ3v) is 3.72. The maximum absolute atomic E-state index is 12.0. The molecule has 2 aliphatic heterocycles. The van der Waals surface area contributed by atoms with Crippen LogP contribution in [-0.4, -0.2) is 62.8 Å². The Labute approximate surface area is 109 Å². The fourth-order valence-corrected chi connectivity index (χ4v) is 2.56. The summed E-state index contributed by atoms with van der Waals surface area (Å²) in [4.78, 5) is 14.3. The second kappa shape index (κ2) is 7.07. The number of carbonyl (C=O) groups excluding carboxylic acids is 1. The van der Waals surface area contributed by atoms with Gasteiger partial charge in [-0.05, 0) is 12.8 Å². The highest BCUT2D eigenvalue weighted by Gasteiger charge is 2.21. The van der Waals surface area contributed by atoms with Crippen molar-refractivity contribution in [1.29, 1.82) is 0 Å². The van der Waals surface area contributed by atoms with Crippen molar-refractivity contribution < 1.29 is 9.53 Å². The van der Waals surface area contributed by atoms with E-state index in [1.807, 2.05) is 6.92 Å². The monoisotopic (exact) mass is 255 g/mol. The first-order valence-corrected chi connectivity index (χ1v) is 7.08. The molecule has 5 nitrogen and oxygen atoms in total. The standard InChI is InChI=1S/C13H25N3O2/c1-11(10-16-6-4-14-5-7-16)13(17)15-9-12-3-2-8-18-12/h11-12,14H,2-10H2,1H3,(H,15,17). The molecule has 0 saturated carbocycles. The van der Waals surface area contributed by atoms with E-state index in [0.717, 1.165) is 52.2 Å². The minimum atomic E-state index is 0.0597.